The standard InChI is InChI=1S/C24H30F3N3O3S/c1-34(31,32)29-21-13-14-30(23-12-9-19(15-28-23)24(25,26)27)22(21)16-33-20-10-7-18(8-11-20)17-5-3-2-4-6-17/h2-6,9,12,15,18,20-22,29H,7-8,10-11,13-14,16H2,1H3/t18-,20+,21-,22-/m0/s1. The topological polar surface area (TPSA) is 71.5 Å². The summed E-state index contributed by atoms with van der Waals surface area (Å²) in [6.45, 7) is 0.747. The van der Waals surface area contributed by atoms with Gasteiger partial charge in [0.05, 0.1) is 30.6 Å². The predicted molar refractivity (Wildman–Crippen MR) is 124 cm³/mol. The van der Waals surface area contributed by atoms with E-state index in [4.69, 9.17) is 4.74 Å². The zero-order valence-corrected chi connectivity index (χ0v) is 19.9. The molecular formula is C24H30F3N3O3S. The summed E-state index contributed by atoms with van der Waals surface area (Å²) < 4.78 is 71.5. The SMILES string of the molecule is CS(=O)(=O)N[C@H]1CCN(c2ccc(C(F)(F)F)cn2)[C@H]1CO[C@H]1CC[C@@H](c2ccccc2)CC1. The zero-order valence-electron chi connectivity index (χ0n) is 19.0. The summed E-state index contributed by atoms with van der Waals surface area (Å²) >= 11 is 0. The molecule has 1 aromatic heterocycles. The van der Waals surface area contributed by atoms with Crippen LogP contribution in [-0.4, -0.2) is 51.0 Å². The van der Waals surface area contributed by atoms with Crippen LogP contribution in [-0.2, 0) is 20.9 Å². The van der Waals surface area contributed by atoms with Crippen LogP contribution in [0, 0.1) is 0 Å². The fraction of sp³-hybridized carbons (Fsp3) is 0.542. The van der Waals surface area contributed by atoms with Crippen LogP contribution in [0.15, 0.2) is 48.7 Å². The first-order valence-corrected chi connectivity index (χ1v) is 13.4. The molecule has 2 heterocycles. The number of rotatable bonds is 7. The monoisotopic (exact) mass is 497 g/mol. The number of alkyl halides is 3. The Morgan fingerprint density at radius 1 is 1.06 bits per heavy atom. The Morgan fingerprint density at radius 2 is 1.76 bits per heavy atom. The summed E-state index contributed by atoms with van der Waals surface area (Å²) in [5.41, 5.74) is 0.526. The van der Waals surface area contributed by atoms with Crippen molar-refractivity contribution in [2.45, 2.75) is 62.4 Å². The molecule has 6 nitrogen and oxygen atoms in total. The minimum atomic E-state index is -4.46. The first kappa shape index (κ1) is 24.9. The molecule has 2 fully saturated rings. The number of nitrogens with zero attached hydrogens (tertiary/aromatic N) is 2. The fourth-order valence-corrected chi connectivity index (χ4v) is 5.83. The van der Waals surface area contributed by atoms with E-state index in [2.05, 4.69) is 34.0 Å². The highest BCUT2D eigenvalue weighted by atomic mass is 32.2. The summed E-state index contributed by atoms with van der Waals surface area (Å²) in [6.07, 6.45) is 1.92. The molecule has 2 aliphatic rings. The van der Waals surface area contributed by atoms with Gasteiger partial charge >= 0.3 is 6.18 Å². The molecular weight excluding hydrogens is 467 g/mol. The molecule has 0 amide bonds. The summed E-state index contributed by atoms with van der Waals surface area (Å²) in [7, 11) is -3.45. The number of pyridine rings is 1. The number of ether oxygens (including phenoxy) is 1. The van der Waals surface area contributed by atoms with Crippen LogP contribution in [0.2, 0.25) is 0 Å². The van der Waals surface area contributed by atoms with Crippen molar-refractivity contribution in [3.05, 3.63) is 59.8 Å². The largest absolute Gasteiger partial charge is 0.417 e. The van der Waals surface area contributed by atoms with Crippen molar-refractivity contribution in [3.63, 3.8) is 0 Å². The molecule has 1 N–H and O–H groups in total. The molecule has 1 aliphatic carbocycles. The average Bonchev–Trinajstić information content (AvgIpc) is 3.19. The number of nitrogens with one attached hydrogen (secondary N) is 1. The minimum Gasteiger partial charge on any atom is -0.376 e. The lowest BCUT2D eigenvalue weighted by Gasteiger charge is -2.33. The molecule has 1 aromatic carbocycles. The normalized spacial score (nSPS) is 26.1. The molecule has 34 heavy (non-hydrogen) atoms. The smallest absolute Gasteiger partial charge is 0.376 e. The number of anilines is 1. The third-order valence-corrected chi connectivity index (χ3v) is 7.46. The molecule has 1 saturated heterocycles. The van der Waals surface area contributed by atoms with Crippen molar-refractivity contribution in [2.75, 3.05) is 24.3 Å². The second-order valence-electron chi connectivity index (χ2n) is 9.17. The van der Waals surface area contributed by atoms with Crippen molar-refractivity contribution >= 4 is 15.8 Å². The Kier molecular flexibility index (Phi) is 7.49. The number of benzene rings is 1. The van der Waals surface area contributed by atoms with E-state index in [0.29, 0.717) is 24.7 Å². The van der Waals surface area contributed by atoms with Crippen molar-refractivity contribution in [3.8, 4) is 0 Å². The summed E-state index contributed by atoms with van der Waals surface area (Å²) in [5, 5.41) is 0. The molecule has 2 aromatic rings. The van der Waals surface area contributed by atoms with E-state index < -0.39 is 27.8 Å². The third kappa shape index (κ3) is 6.28. The number of sulfonamides is 1. The maximum Gasteiger partial charge on any atom is 0.417 e. The van der Waals surface area contributed by atoms with Crippen molar-refractivity contribution < 1.29 is 26.3 Å². The van der Waals surface area contributed by atoms with Gasteiger partial charge in [-0.2, -0.15) is 13.2 Å². The van der Waals surface area contributed by atoms with E-state index in [1.54, 1.807) is 0 Å². The van der Waals surface area contributed by atoms with Gasteiger partial charge in [0.2, 0.25) is 10.0 Å². The minimum absolute atomic E-state index is 0.0712. The lowest BCUT2D eigenvalue weighted by atomic mass is 9.83. The maximum absolute atomic E-state index is 12.9. The first-order valence-electron chi connectivity index (χ1n) is 11.5. The van der Waals surface area contributed by atoms with Crippen LogP contribution in [0.25, 0.3) is 0 Å². The van der Waals surface area contributed by atoms with E-state index >= 15 is 0 Å². The van der Waals surface area contributed by atoms with Gasteiger partial charge in [0, 0.05) is 18.8 Å². The lowest BCUT2D eigenvalue weighted by Crippen LogP contribution is -2.48. The highest BCUT2D eigenvalue weighted by molar-refractivity contribution is 7.88. The zero-order chi connectivity index (χ0) is 24.3. The molecule has 0 spiro atoms. The Bertz CT molecular complexity index is 1040. The van der Waals surface area contributed by atoms with Crippen molar-refractivity contribution in [1.29, 1.82) is 0 Å². The van der Waals surface area contributed by atoms with Gasteiger partial charge in [-0.1, -0.05) is 30.3 Å². The molecule has 1 saturated carbocycles. The van der Waals surface area contributed by atoms with E-state index in [-0.39, 0.29) is 18.8 Å². The van der Waals surface area contributed by atoms with Gasteiger partial charge in [-0.3, -0.25) is 0 Å². The molecule has 0 radical (unpaired) electrons. The average molecular weight is 498 g/mol. The van der Waals surface area contributed by atoms with E-state index in [9.17, 15) is 21.6 Å². The molecule has 4 rings (SSSR count). The molecule has 0 unspecified atom stereocenters. The molecule has 10 heteroatoms. The number of aromatic nitrogens is 1. The van der Waals surface area contributed by atoms with Gasteiger partial charge in [0.15, 0.2) is 0 Å². The van der Waals surface area contributed by atoms with Crippen LogP contribution >= 0.6 is 0 Å². The third-order valence-electron chi connectivity index (χ3n) is 6.73. The number of halogens is 3. The van der Waals surface area contributed by atoms with Crippen LogP contribution in [0.4, 0.5) is 19.0 Å². The lowest BCUT2D eigenvalue weighted by molar-refractivity contribution is -0.137. The van der Waals surface area contributed by atoms with Crippen molar-refractivity contribution in [1.82, 2.24) is 9.71 Å². The van der Waals surface area contributed by atoms with Gasteiger partial charge < -0.3 is 9.64 Å². The second kappa shape index (κ2) is 10.2. The van der Waals surface area contributed by atoms with Crippen LogP contribution in [0.5, 0.6) is 0 Å². The summed E-state index contributed by atoms with van der Waals surface area (Å²) in [6, 6.07) is 12.0. The number of hydrogen-bond acceptors (Lipinski definition) is 5. The van der Waals surface area contributed by atoms with Gasteiger partial charge in [-0.15, -0.1) is 0 Å². The van der Waals surface area contributed by atoms with E-state index in [1.165, 1.54) is 11.6 Å². The Balaban J connectivity index is 1.41. The number of hydrogen-bond donors (Lipinski definition) is 1. The van der Waals surface area contributed by atoms with Gasteiger partial charge in [0.25, 0.3) is 0 Å². The first-order chi connectivity index (χ1) is 16.1. The van der Waals surface area contributed by atoms with Gasteiger partial charge in [0.1, 0.15) is 5.82 Å². The highest BCUT2D eigenvalue weighted by Gasteiger charge is 2.38. The van der Waals surface area contributed by atoms with E-state index in [1.807, 2.05) is 11.0 Å². The van der Waals surface area contributed by atoms with Gasteiger partial charge in [-0.05, 0) is 55.7 Å². The van der Waals surface area contributed by atoms with Gasteiger partial charge in [-0.25, -0.2) is 18.1 Å². The molecule has 0 bridgehead atoms. The highest BCUT2D eigenvalue weighted by Crippen LogP contribution is 2.35. The van der Waals surface area contributed by atoms with Crippen LogP contribution in [0.3, 0.4) is 0 Å². The summed E-state index contributed by atoms with van der Waals surface area (Å²) in [5.74, 6) is 0.896. The molecule has 2 atom stereocenters. The van der Waals surface area contributed by atoms with Crippen LogP contribution in [0.1, 0.15) is 49.1 Å². The predicted octanol–water partition coefficient (Wildman–Crippen LogP) is 4.34. The maximum atomic E-state index is 12.9. The Hall–Kier alpha value is -2.17. The fourth-order valence-electron chi connectivity index (χ4n) is 5.00. The second-order valence-corrected chi connectivity index (χ2v) is 10.9. The molecule has 1 aliphatic heterocycles. The van der Waals surface area contributed by atoms with Crippen LogP contribution < -0.4 is 9.62 Å². The summed E-state index contributed by atoms with van der Waals surface area (Å²) in [4.78, 5) is 5.87. The van der Waals surface area contributed by atoms with Crippen molar-refractivity contribution in [2.24, 2.45) is 0 Å². The molecule has 186 valence electrons. The quantitative estimate of drug-likeness (QED) is 0.616. The van der Waals surface area contributed by atoms with E-state index in [0.717, 1.165) is 44.2 Å². The Labute approximate surface area is 198 Å². The Morgan fingerprint density at radius 3 is 2.35 bits per heavy atom.